The number of benzene rings is 2. The van der Waals surface area contributed by atoms with E-state index in [-0.39, 0.29) is 11.6 Å². The molecule has 0 bridgehead atoms. The molecule has 0 radical (unpaired) electrons. The topological polar surface area (TPSA) is 58.5 Å². The third-order valence-electron chi connectivity index (χ3n) is 6.06. The summed E-state index contributed by atoms with van der Waals surface area (Å²) in [4.78, 5) is 14.7. The number of carbonyl (C=O) groups is 1. The number of ether oxygens (including phenoxy) is 1. The molecule has 154 valence electrons. The van der Waals surface area contributed by atoms with Crippen LogP contribution in [0.1, 0.15) is 18.5 Å². The number of likely N-dealkylation sites (tertiary alicyclic amines) is 1. The molecule has 5 rings (SSSR count). The van der Waals surface area contributed by atoms with Gasteiger partial charge in [0.1, 0.15) is 5.75 Å². The first-order valence-electron chi connectivity index (χ1n) is 10.0. The van der Waals surface area contributed by atoms with Crippen molar-refractivity contribution in [1.82, 2.24) is 9.47 Å². The van der Waals surface area contributed by atoms with Crippen molar-refractivity contribution >= 4 is 33.3 Å². The first kappa shape index (κ1) is 19.1. The molecule has 2 amide bonds. The summed E-state index contributed by atoms with van der Waals surface area (Å²) in [6.45, 7) is 1.36. The standard InChI is InChI=1S/C23H23BrN4O2/c1-30-18-7-8-20-19(15-18)26-23(21-6-3-11-28(20)21)9-12-27(13-10-23)22(29)25-17-5-2-4-16(24)14-17/h2-8,11,14-15,26H,9-10,12-13H2,1H3,(H,25,29). The van der Waals surface area contributed by atoms with Gasteiger partial charge >= 0.3 is 6.03 Å². The Hall–Kier alpha value is -2.93. The van der Waals surface area contributed by atoms with Gasteiger partial charge < -0.3 is 24.8 Å². The molecule has 0 unspecified atom stereocenters. The lowest BCUT2D eigenvalue weighted by Gasteiger charge is -2.46. The summed E-state index contributed by atoms with van der Waals surface area (Å²) >= 11 is 3.45. The summed E-state index contributed by atoms with van der Waals surface area (Å²) in [5.74, 6) is 0.831. The molecule has 1 aromatic heterocycles. The van der Waals surface area contributed by atoms with Gasteiger partial charge in [-0.05, 0) is 55.3 Å². The highest BCUT2D eigenvalue weighted by Crippen LogP contribution is 2.44. The zero-order valence-corrected chi connectivity index (χ0v) is 18.3. The Kier molecular flexibility index (Phi) is 4.70. The van der Waals surface area contributed by atoms with Crippen molar-refractivity contribution < 1.29 is 9.53 Å². The van der Waals surface area contributed by atoms with Crippen molar-refractivity contribution in [2.75, 3.05) is 30.8 Å². The van der Waals surface area contributed by atoms with Crippen molar-refractivity contribution in [3.8, 4) is 11.4 Å². The minimum Gasteiger partial charge on any atom is -0.497 e. The first-order valence-corrected chi connectivity index (χ1v) is 10.8. The minimum atomic E-state index is -0.199. The predicted octanol–water partition coefficient (Wildman–Crippen LogP) is 5.20. The molecular formula is C23H23BrN4O2. The number of amides is 2. The largest absolute Gasteiger partial charge is 0.497 e. The summed E-state index contributed by atoms with van der Waals surface area (Å²) in [7, 11) is 1.68. The van der Waals surface area contributed by atoms with E-state index in [1.807, 2.05) is 41.3 Å². The van der Waals surface area contributed by atoms with Crippen LogP contribution in [-0.4, -0.2) is 35.7 Å². The molecule has 2 N–H and O–H groups in total. The van der Waals surface area contributed by atoms with Gasteiger partial charge in [-0.3, -0.25) is 0 Å². The summed E-state index contributed by atoms with van der Waals surface area (Å²) in [5.41, 5.74) is 4.02. The van der Waals surface area contributed by atoms with Crippen molar-refractivity contribution in [2.24, 2.45) is 0 Å². The number of nitrogens with one attached hydrogen (secondary N) is 2. The van der Waals surface area contributed by atoms with Gasteiger partial charge in [0.25, 0.3) is 0 Å². The zero-order valence-electron chi connectivity index (χ0n) is 16.7. The van der Waals surface area contributed by atoms with Crippen LogP contribution in [-0.2, 0) is 5.54 Å². The average molecular weight is 467 g/mol. The molecule has 0 saturated carbocycles. The maximum Gasteiger partial charge on any atom is 0.321 e. The number of aromatic nitrogens is 1. The fourth-order valence-electron chi connectivity index (χ4n) is 4.50. The van der Waals surface area contributed by atoms with Crippen LogP contribution >= 0.6 is 15.9 Å². The van der Waals surface area contributed by atoms with Crippen LogP contribution in [0.4, 0.5) is 16.2 Å². The van der Waals surface area contributed by atoms with Gasteiger partial charge in [-0.15, -0.1) is 0 Å². The summed E-state index contributed by atoms with van der Waals surface area (Å²) in [5, 5.41) is 6.78. The van der Waals surface area contributed by atoms with Crippen molar-refractivity contribution in [2.45, 2.75) is 18.4 Å². The average Bonchev–Trinajstić information content (AvgIpc) is 3.25. The van der Waals surface area contributed by atoms with E-state index in [0.717, 1.165) is 40.1 Å². The SMILES string of the molecule is COc1ccc2c(c1)NC1(CCN(C(=O)Nc3cccc(Br)c3)CC1)c1cccn1-2. The molecule has 1 spiro atoms. The van der Waals surface area contributed by atoms with Crippen molar-refractivity contribution in [3.05, 3.63) is 71.0 Å². The molecule has 1 saturated heterocycles. The monoisotopic (exact) mass is 466 g/mol. The zero-order chi connectivity index (χ0) is 20.7. The molecule has 7 heteroatoms. The van der Waals surface area contributed by atoms with Gasteiger partial charge in [-0.25, -0.2) is 4.79 Å². The van der Waals surface area contributed by atoms with Crippen LogP contribution in [0.5, 0.6) is 5.75 Å². The maximum absolute atomic E-state index is 12.8. The van der Waals surface area contributed by atoms with Crippen molar-refractivity contribution in [1.29, 1.82) is 0 Å². The Morgan fingerprint density at radius 3 is 2.73 bits per heavy atom. The second kappa shape index (κ2) is 7.40. The van der Waals surface area contributed by atoms with Gasteiger partial charge in [0, 0.05) is 41.2 Å². The van der Waals surface area contributed by atoms with Gasteiger partial charge in [0.05, 0.1) is 24.0 Å². The number of hydrogen-bond donors (Lipinski definition) is 2. The van der Waals surface area contributed by atoms with E-state index in [1.165, 1.54) is 5.69 Å². The van der Waals surface area contributed by atoms with Crippen LogP contribution in [0.3, 0.4) is 0 Å². The minimum absolute atomic E-state index is 0.0591. The van der Waals surface area contributed by atoms with E-state index in [1.54, 1.807) is 7.11 Å². The smallest absolute Gasteiger partial charge is 0.321 e. The molecule has 2 aliphatic heterocycles. The van der Waals surface area contributed by atoms with Gasteiger partial charge in [-0.2, -0.15) is 0 Å². The summed E-state index contributed by atoms with van der Waals surface area (Å²) in [6.07, 6.45) is 3.77. The number of rotatable bonds is 2. The molecule has 2 aliphatic rings. The van der Waals surface area contributed by atoms with E-state index in [2.05, 4.69) is 55.5 Å². The van der Waals surface area contributed by atoms with E-state index < -0.39 is 0 Å². The number of halogens is 1. The quantitative estimate of drug-likeness (QED) is 0.545. The highest BCUT2D eigenvalue weighted by Gasteiger charge is 2.42. The maximum atomic E-state index is 12.8. The van der Waals surface area contributed by atoms with Crippen LogP contribution in [0.2, 0.25) is 0 Å². The Balaban J connectivity index is 1.36. The predicted molar refractivity (Wildman–Crippen MR) is 122 cm³/mol. The Morgan fingerprint density at radius 2 is 1.97 bits per heavy atom. The normalized spacial score (nSPS) is 16.4. The third kappa shape index (κ3) is 3.23. The number of urea groups is 1. The highest BCUT2D eigenvalue weighted by atomic mass is 79.9. The molecule has 3 heterocycles. The summed E-state index contributed by atoms with van der Waals surface area (Å²) in [6, 6.07) is 18.0. The van der Waals surface area contributed by atoms with Crippen molar-refractivity contribution in [3.63, 3.8) is 0 Å². The lowest BCUT2D eigenvalue weighted by molar-refractivity contribution is 0.174. The van der Waals surface area contributed by atoms with Gasteiger partial charge in [0.2, 0.25) is 0 Å². The highest BCUT2D eigenvalue weighted by molar-refractivity contribution is 9.10. The lowest BCUT2D eigenvalue weighted by atomic mass is 9.82. The molecule has 3 aromatic rings. The van der Waals surface area contributed by atoms with Gasteiger partial charge in [-0.1, -0.05) is 22.0 Å². The van der Waals surface area contributed by atoms with Crippen LogP contribution in [0.15, 0.2) is 65.3 Å². The molecule has 2 aromatic carbocycles. The number of methoxy groups -OCH3 is 1. The number of piperidine rings is 1. The third-order valence-corrected chi connectivity index (χ3v) is 6.55. The number of fused-ring (bicyclic) bond motifs is 4. The molecule has 30 heavy (non-hydrogen) atoms. The molecule has 0 atom stereocenters. The number of carbonyl (C=O) groups excluding carboxylic acids is 1. The van der Waals surface area contributed by atoms with E-state index >= 15 is 0 Å². The number of hydrogen-bond acceptors (Lipinski definition) is 3. The van der Waals surface area contributed by atoms with E-state index in [9.17, 15) is 4.79 Å². The van der Waals surface area contributed by atoms with E-state index in [0.29, 0.717) is 13.1 Å². The van der Waals surface area contributed by atoms with Crippen LogP contribution in [0.25, 0.3) is 5.69 Å². The second-order valence-corrected chi connectivity index (χ2v) is 8.70. The first-order chi connectivity index (χ1) is 14.6. The fourth-order valence-corrected chi connectivity index (χ4v) is 4.90. The Labute approximate surface area is 184 Å². The molecule has 6 nitrogen and oxygen atoms in total. The van der Waals surface area contributed by atoms with Gasteiger partial charge in [0.15, 0.2) is 0 Å². The fraction of sp³-hybridized carbons (Fsp3) is 0.261. The second-order valence-electron chi connectivity index (χ2n) is 7.78. The Bertz CT molecular complexity index is 1100. The Morgan fingerprint density at radius 1 is 1.13 bits per heavy atom. The van der Waals surface area contributed by atoms with E-state index in [4.69, 9.17) is 4.74 Å². The molecule has 0 aliphatic carbocycles. The summed E-state index contributed by atoms with van der Waals surface area (Å²) < 4.78 is 8.62. The lowest BCUT2D eigenvalue weighted by Crippen LogP contribution is -2.51. The van der Waals surface area contributed by atoms with Crippen LogP contribution < -0.4 is 15.4 Å². The number of nitrogens with zero attached hydrogens (tertiary/aromatic N) is 2. The molecule has 1 fully saturated rings. The number of anilines is 2. The molecular weight excluding hydrogens is 444 g/mol. The van der Waals surface area contributed by atoms with Crippen LogP contribution in [0, 0.1) is 0 Å².